The van der Waals surface area contributed by atoms with Crippen LogP contribution in [0.1, 0.15) is 44.1 Å². The smallest absolute Gasteiger partial charge is 0.179 e. The Labute approximate surface area is 121 Å². The lowest BCUT2D eigenvalue weighted by Gasteiger charge is -2.43. The van der Waals surface area contributed by atoms with Gasteiger partial charge in [0.15, 0.2) is 9.84 Å². The van der Waals surface area contributed by atoms with Gasteiger partial charge in [-0.1, -0.05) is 38.0 Å². The van der Waals surface area contributed by atoms with E-state index in [0.29, 0.717) is 11.4 Å². The van der Waals surface area contributed by atoms with E-state index in [2.05, 4.69) is 6.92 Å². The molecule has 2 aliphatic rings. The molecule has 0 saturated heterocycles. The molecule has 1 aliphatic heterocycles. The molecule has 4 heteroatoms. The first-order valence-electron chi connectivity index (χ1n) is 7.50. The summed E-state index contributed by atoms with van der Waals surface area (Å²) in [7, 11) is -3.12. The van der Waals surface area contributed by atoms with Crippen LogP contribution in [0.3, 0.4) is 0 Å². The van der Waals surface area contributed by atoms with Crippen LogP contribution in [0.15, 0.2) is 29.2 Å². The van der Waals surface area contributed by atoms with Gasteiger partial charge in [-0.3, -0.25) is 0 Å². The van der Waals surface area contributed by atoms with Crippen LogP contribution in [0.25, 0.3) is 0 Å². The highest BCUT2D eigenvalue weighted by Crippen LogP contribution is 2.52. The van der Waals surface area contributed by atoms with E-state index in [1.165, 1.54) is 0 Å². The van der Waals surface area contributed by atoms with Gasteiger partial charge in [0.1, 0.15) is 0 Å². The summed E-state index contributed by atoms with van der Waals surface area (Å²) in [6.07, 6.45) is 4.43. The minimum atomic E-state index is -3.12. The van der Waals surface area contributed by atoms with Gasteiger partial charge in [0.05, 0.1) is 10.6 Å². The van der Waals surface area contributed by atoms with Gasteiger partial charge >= 0.3 is 0 Å². The second kappa shape index (κ2) is 4.85. The fourth-order valence-corrected chi connectivity index (χ4v) is 6.00. The molecule has 0 amide bonds. The molecular weight excluding hydrogens is 270 g/mol. The lowest BCUT2D eigenvalue weighted by atomic mass is 9.62. The third kappa shape index (κ3) is 2.09. The first-order chi connectivity index (χ1) is 9.48. The highest BCUT2D eigenvalue weighted by molar-refractivity contribution is 7.91. The lowest BCUT2D eigenvalue weighted by Crippen LogP contribution is -2.40. The van der Waals surface area contributed by atoms with Crippen molar-refractivity contribution >= 4 is 9.84 Å². The maximum atomic E-state index is 12.4. The Morgan fingerprint density at radius 2 is 1.90 bits per heavy atom. The number of fused-ring (bicyclic) bond motifs is 1. The molecule has 1 unspecified atom stereocenters. The monoisotopic (exact) mass is 293 g/mol. The van der Waals surface area contributed by atoms with E-state index in [9.17, 15) is 8.42 Å². The first kappa shape index (κ1) is 14.1. The van der Waals surface area contributed by atoms with E-state index in [0.717, 1.165) is 37.2 Å². The van der Waals surface area contributed by atoms with Crippen LogP contribution in [0.2, 0.25) is 0 Å². The van der Waals surface area contributed by atoms with Gasteiger partial charge in [-0.05, 0) is 42.3 Å². The van der Waals surface area contributed by atoms with Crippen LogP contribution in [0.4, 0.5) is 0 Å². The molecule has 1 heterocycles. The SMILES string of the molecule is CC1CCC(CN)(C2CS(=O)(=O)c3ccccc32)CC1. The van der Waals surface area contributed by atoms with E-state index in [1.807, 2.05) is 18.2 Å². The van der Waals surface area contributed by atoms with Crippen LogP contribution >= 0.6 is 0 Å². The Balaban J connectivity index is 2.03. The number of sulfone groups is 1. The van der Waals surface area contributed by atoms with Crippen molar-refractivity contribution in [1.82, 2.24) is 0 Å². The molecule has 1 fully saturated rings. The van der Waals surface area contributed by atoms with Gasteiger partial charge in [0.25, 0.3) is 0 Å². The van der Waals surface area contributed by atoms with Crippen molar-refractivity contribution in [2.45, 2.75) is 43.4 Å². The minimum absolute atomic E-state index is 0.0216. The van der Waals surface area contributed by atoms with E-state index < -0.39 is 9.84 Å². The Bertz CT molecular complexity index is 601. The molecule has 2 N–H and O–H groups in total. The van der Waals surface area contributed by atoms with E-state index >= 15 is 0 Å². The quantitative estimate of drug-likeness (QED) is 0.912. The maximum absolute atomic E-state index is 12.4. The summed E-state index contributed by atoms with van der Waals surface area (Å²) in [4.78, 5) is 0.538. The van der Waals surface area contributed by atoms with Crippen molar-refractivity contribution in [2.24, 2.45) is 17.1 Å². The molecule has 110 valence electrons. The maximum Gasteiger partial charge on any atom is 0.179 e. The van der Waals surface area contributed by atoms with Gasteiger partial charge in [-0.2, -0.15) is 0 Å². The van der Waals surface area contributed by atoms with E-state index in [1.54, 1.807) is 6.07 Å². The van der Waals surface area contributed by atoms with Crippen LogP contribution in [-0.4, -0.2) is 20.7 Å². The molecule has 20 heavy (non-hydrogen) atoms. The molecule has 1 saturated carbocycles. The normalized spacial score (nSPS) is 35.7. The summed E-state index contributed by atoms with van der Waals surface area (Å²) in [6, 6.07) is 7.50. The van der Waals surface area contributed by atoms with Gasteiger partial charge in [-0.15, -0.1) is 0 Å². The second-order valence-corrected chi connectivity index (χ2v) is 8.62. The zero-order chi connectivity index (χ0) is 14.4. The third-order valence-electron chi connectivity index (χ3n) is 5.43. The molecule has 3 nitrogen and oxygen atoms in total. The van der Waals surface area contributed by atoms with Crippen molar-refractivity contribution < 1.29 is 8.42 Å². The minimum Gasteiger partial charge on any atom is -0.330 e. The number of benzene rings is 1. The Morgan fingerprint density at radius 1 is 1.25 bits per heavy atom. The highest BCUT2D eigenvalue weighted by atomic mass is 32.2. The highest BCUT2D eigenvalue weighted by Gasteiger charge is 2.47. The summed E-state index contributed by atoms with van der Waals surface area (Å²) in [6.45, 7) is 2.87. The predicted octanol–water partition coefficient (Wildman–Crippen LogP) is 2.71. The largest absolute Gasteiger partial charge is 0.330 e. The number of hydrogen-bond donors (Lipinski definition) is 1. The fraction of sp³-hybridized carbons (Fsp3) is 0.625. The topological polar surface area (TPSA) is 60.2 Å². The zero-order valence-electron chi connectivity index (χ0n) is 12.0. The lowest BCUT2D eigenvalue weighted by molar-refractivity contribution is 0.135. The van der Waals surface area contributed by atoms with Crippen LogP contribution < -0.4 is 5.73 Å². The molecule has 3 rings (SSSR count). The predicted molar refractivity (Wildman–Crippen MR) is 80.4 cm³/mol. The van der Waals surface area contributed by atoms with Crippen LogP contribution in [0, 0.1) is 11.3 Å². The number of hydrogen-bond acceptors (Lipinski definition) is 3. The summed E-state index contributed by atoms with van der Waals surface area (Å²) >= 11 is 0. The summed E-state index contributed by atoms with van der Waals surface area (Å²) in [5, 5.41) is 0. The van der Waals surface area contributed by atoms with E-state index in [-0.39, 0.29) is 17.1 Å². The molecule has 0 bridgehead atoms. The molecule has 1 atom stereocenters. The molecule has 1 aliphatic carbocycles. The Hall–Kier alpha value is -0.870. The van der Waals surface area contributed by atoms with Gasteiger partial charge in [-0.25, -0.2) is 8.42 Å². The Morgan fingerprint density at radius 3 is 2.55 bits per heavy atom. The average molecular weight is 293 g/mol. The van der Waals surface area contributed by atoms with Crippen LogP contribution in [0.5, 0.6) is 0 Å². The van der Waals surface area contributed by atoms with Crippen molar-refractivity contribution in [3.8, 4) is 0 Å². The molecule has 0 aromatic heterocycles. The summed E-state index contributed by atoms with van der Waals surface area (Å²) < 4.78 is 24.8. The first-order valence-corrected chi connectivity index (χ1v) is 9.15. The fourth-order valence-electron chi connectivity index (χ4n) is 3.99. The van der Waals surface area contributed by atoms with Gasteiger partial charge in [0.2, 0.25) is 0 Å². The molecule has 0 radical (unpaired) electrons. The summed E-state index contributed by atoms with van der Waals surface area (Å²) in [5.74, 6) is 1.07. The molecule has 1 aromatic carbocycles. The molecule has 1 aromatic rings. The van der Waals surface area contributed by atoms with Crippen molar-refractivity contribution in [3.63, 3.8) is 0 Å². The van der Waals surface area contributed by atoms with Gasteiger partial charge in [0, 0.05) is 5.92 Å². The van der Waals surface area contributed by atoms with Crippen LogP contribution in [-0.2, 0) is 9.84 Å². The average Bonchev–Trinajstić information content (AvgIpc) is 2.73. The van der Waals surface area contributed by atoms with Crippen molar-refractivity contribution in [2.75, 3.05) is 12.3 Å². The van der Waals surface area contributed by atoms with Crippen molar-refractivity contribution in [1.29, 1.82) is 0 Å². The number of nitrogens with two attached hydrogens (primary N) is 1. The zero-order valence-corrected chi connectivity index (χ0v) is 12.8. The Kier molecular flexibility index (Phi) is 3.41. The molecular formula is C16H23NO2S. The second-order valence-electron chi connectivity index (χ2n) is 6.62. The van der Waals surface area contributed by atoms with E-state index in [4.69, 9.17) is 5.73 Å². The summed E-state index contributed by atoms with van der Waals surface area (Å²) in [5.41, 5.74) is 7.10. The van der Waals surface area contributed by atoms with Gasteiger partial charge < -0.3 is 5.73 Å². The third-order valence-corrected chi connectivity index (χ3v) is 7.25. The number of rotatable bonds is 2. The molecule has 0 spiro atoms. The standard InChI is InChI=1S/C16H23NO2S/c1-12-6-8-16(11-17,9-7-12)14-10-20(18,19)15-5-3-2-4-13(14)15/h2-5,12,14H,6-11,17H2,1H3. The van der Waals surface area contributed by atoms with Crippen molar-refractivity contribution in [3.05, 3.63) is 29.8 Å².